The Morgan fingerprint density at radius 1 is 1.12 bits per heavy atom. The van der Waals surface area contributed by atoms with Crippen LogP contribution in [0.3, 0.4) is 0 Å². The maximum atomic E-state index is 12.3. The highest BCUT2D eigenvalue weighted by Crippen LogP contribution is 2.40. The zero-order chi connectivity index (χ0) is 19.9. The van der Waals surface area contributed by atoms with Gasteiger partial charge in [-0.2, -0.15) is 0 Å². The average Bonchev–Trinajstić information content (AvgIpc) is 2.54. The van der Waals surface area contributed by atoms with Crippen molar-refractivity contribution in [1.29, 1.82) is 0 Å². The molecule has 5 heteroatoms. The summed E-state index contributed by atoms with van der Waals surface area (Å²) in [6.07, 6.45) is 0. The van der Waals surface area contributed by atoms with Crippen LogP contribution in [0.1, 0.15) is 57.5 Å². The smallest absolute Gasteiger partial charge is 0.251 e. The molecule has 0 aromatic heterocycles. The predicted octanol–water partition coefficient (Wildman–Crippen LogP) is 4.21. The molecular formula is C21H34N2O2Si. The van der Waals surface area contributed by atoms with Crippen molar-refractivity contribution < 1.29 is 9.53 Å². The number of carbonyl (C=O) groups excluding carboxylic acids is 1. The summed E-state index contributed by atoms with van der Waals surface area (Å²) in [5.41, 5.74) is 13.3. The second-order valence-corrected chi connectivity index (χ2v) is 13.3. The summed E-state index contributed by atoms with van der Waals surface area (Å²) < 4.78 is 4.96. The monoisotopic (exact) mass is 374 g/mol. The summed E-state index contributed by atoms with van der Waals surface area (Å²) >= 11 is 0. The Kier molecular flexibility index (Phi) is 8.39. The van der Waals surface area contributed by atoms with Crippen molar-refractivity contribution in [2.45, 2.75) is 58.2 Å². The summed E-state index contributed by atoms with van der Waals surface area (Å²) in [7, 11) is -0.211. The molecule has 0 saturated heterocycles. The fourth-order valence-electron chi connectivity index (χ4n) is 3.84. The van der Waals surface area contributed by atoms with E-state index in [1.54, 1.807) is 13.2 Å². The van der Waals surface area contributed by atoms with E-state index < -0.39 is 8.07 Å². The van der Waals surface area contributed by atoms with Crippen molar-refractivity contribution in [3.8, 4) is 11.5 Å². The first-order chi connectivity index (χ1) is 12.1. The average molecular weight is 375 g/mol. The van der Waals surface area contributed by atoms with E-state index in [0.717, 1.165) is 5.56 Å². The van der Waals surface area contributed by atoms with Gasteiger partial charge in [-0.25, -0.2) is 0 Å². The molecule has 1 rings (SSSR count). The van der Waals surface area contributed by atoms with Crippen LogP contribution in [0.25, 0.3) is 0 Å². The maximum Gasteiger partial charge on any atom is 0.251 e. The topological polar surface area (TPSA) is 64.3 Å². The van der Waals surface area contributed by atoms with Gasteiger partial charge in [-0.1, -0.05) is 47.5 Å². The van der Waals surface area contributed by atoms with Crippen LogP contribution < -0.4 is 11.1 Å². The first-order valence-electron chi connectivity index (χ1n) is 9.36. The molecule has 0 saturated carbocycles. The zero-order valence-electron chi connectivity index (χ0n) is 17.3. The molecule has 0 atom stereocenters. The van der Waals surface area contributed by atoms with Gasteiger partial charge in [0, 0.05) is 30.5 Å². The third-order valence-corrected chi connectivity index (χ3v) is 11.4. The second kappa shape index (κ2) is 9.80. The van der Waals surface area contributed by atoms with Crippen LogP contribution in [0.2, 0.25) is 16.6 Å². The van der Waals surface area contributed by atoms with Crippen molar-refractivity contribution in [3.05, 3.63) is 29.3 Å². The van der Waals surface area contributed by atoms with E-state index in [9.17, 15) is 4.79 Å². The minimum atomic E-state index is -1.82. The Labute approximate surface area is 159 Å². The van der Waals surface area contributed by atoms with Gasteiger partial charge in [0.15, 0.2) is 0 Å². The molecule has 1 aromatic carbocycles. The van der Waals surface area contributed by atoms with Crippen molar-refractivity contribution in [2.75, 3.05) is 26.0 Å². The fourth-order valence-corrected chi connectivity index (χ4v) is 9.06. The predicted molar refractivity (Wildman–Crippen MR) is 113 cm³/mol. The van der Waals surface area contributed by atoms with Gasteiger partial charge >= 0.3 is 0 Å². The van der Waals surface area contributed by atoms with Gasteiger partial charge in [0.25, 0.3) is 5.91 Å². The number of rotatable bonds is 7. The lowest BCUT2D eigenvalue weighted by molar-refractivity contribution is 0.0937. The molecule has 0 heterocycles. The molecule has 0 unspecified atom stereocenters. The molecule has 0 aliphatic heterocycles. The molecule has 0 spiro atoms. The third kappa shape index (κ3) is 5.36. The first-order valence-corrected chi connectivity index (χ1v) is 11.6. The summed E-state index contributed by atoms with van der Waals surface area (Å²) in [5, 5.41) is 2.82. The number of hydrogen-bond donors (Lipinski definition) is 2. The summed E-state index contributed by atoms with van der Waals surface area (Å²) in [4.78, 5) is 12.3. The number of benzene rings is 1. The van der Waals surface area contributed by atoms with Crippen LogP contribution in [0.4, 0.5) is 5.69 Å². The van der Waals surface area contributed by atoms with Gasteiger partial charge in [0.1, 0.15) is 8.07 Å². The van der Waals surface area contributed by atoms with Gasteiger partial charge in [-0.05, 0) is 34.8 Å². The standard InChI is InChI=1S/C21H34N2O2Si/c1-15(2)26(16(3)4,17(5)6)11-8-18-12-19(14-20(22)13-18)21(24)23-9-10-25-7/h12-17H,9-10,22H2,1-7H3,(H,23,24). The summed E-state index contributed by atoms with van der Waals surface area (Å²) in [6, 6.07) is 5.36. The van der Waals surface area contributed by atoms with E-state index in [4.69, 9.17) is 10.5 Å². The molecule has 0 aliphatic carbocycles. The Balaban J connectivity index is 3.22. The van der Waals surface area contributed by atoms with E-state index in [1.165, 1.54) is 0 Å². The Bertz CT molecular complexity index is 651. The normalized spacial score (nSPS) is 11.6. The second-order valence-electron chi connectivity index (χ2n) is 7.74. The van der Waals surface area contributed by atoms with E-state index in [1.807, 2.05) is 12.1 Å². The lowest BCUT2D eigenvalue weighted by Gasteiger charge is -2.38. The molecule has 1 amide bonds. The van der Waals surface area contributed by atoms with Crippen LogP contribution in [0, 0.1) is 11.5 Å². The van der Waals surface area contributed by atoms with Crippen LogP contribution in [-0.2, 0) is 4.74 Å². The Morgan fingerprint density at radius 3 is 2.19 bits per heavy atom. The lowest BCUT2D eigenvalue weighted by Crippen LogP contribution is -2.43. The Morgan fingerprint density at radius 2 is 1.69 bits per heavy atom. The summed E-state index contributed by atoms with van der Waals surface area (Å²) in [5.74, 6) is 3.20. The number of ether oxygens (including phenoxy) is 1. The SMILES string of the molecule is COCCNC(=O)c1cc(N)cc(C#C[Si](C(C)C)(C(C)C)C(C)C)c1. The van der Waals surface area contributed by atoms with Crippen molar-refractivity contribution in [2.24, 2.45) is 0 Å². The minimum Gasteiger partial charge on any atom is -0.399 e. The van der Waals surface area contributed by atoms with E-state index in [0.29, 0.717) is 41.0 Å². The first kappa shape index (κ1) is 22.3. The van der Waals surface area contributed by atoms with Gasteiger partial charge in [0.2, 0.25) is 0 Å². The van der Waals surface area contributed by atoms with Gasteiger partial charge < -0.3 is 15.8 Å². The van der Waals surface area contributed by atoms with Crippen LogP contribution in [0.5, 0.6) is 0 Å². The van der Waals surface area contributed by atoms with E-state index in [2.05, 4.69) is 58.3 Å². The minimum absolute atomic E-state index is 0.155. The number of hydrogen-bond acceptors (Lipinski definition) is 3. The number of amides is 1. The highest BCUT2D eigenvalue weighted by Gasteiger charge is 2.41. The number of methoxy groups -OCH3 is 1. The van der Waals surface area contributed by atoms with Crippen molar-refractivity contribution in [1.82, 2.24) is 5.32 Å². The van der Waals surface area contributed by atoms with Crippen LogP contribution in [-0.4, -0.2) is 34.2 Å². The van der Waals surface area contributed by atoms with E-state index >= 15 is 0 Å². The third-order valence-electron chi connectivity index (χ3n) is 5.10. The molecule has 144 valence electrons. The molecule has 4 nitrogen and oxygen atoms in total. The quantitative estimate of drug-likeness (QED) is 0.325. The number of nitrogens with two attached hydrogens (primary N) is 1. The lowest BCUT2D eigenvalue weighted by atomic mass is 10.1. The van der Waals surface area contributed by atoms with Crippen LogP contribution in [0.15, 0.2) is 18.2 Å². The molecule has 0 aliphatic rings. The molecule has 26 heavy (non-hydrogen) atoms. The number of nitrogens with one attached hydrogen (secondary N) is 1. The fraction of sp³-hybridized carbons (Fsp3) is 0.571. The van der Waals surface area contributed by atoms with Crippen molar-refractivity contribution in [3.63, 3.8) is 0 Å². The van der Waals surface area contributed by atoms with Gasteiger partial charge in [0.05, 0.1) is 6.61 Å². The molecule has 0 fully saturated rings. The number of carbonyl (C=O) groups is 1. The highest BCUT2D eigenvalue weighted by molar-refractivity contribution is 6.90. The van der Waals surface area contributed by atoms with Gasteiger partial charge in [-0.15, -0.1) is 5.54 Å². The summed E-state index contributed by atoms with van der Waals surface area (Å²) in [6.45, 7) is 14.7. The molecule has 3 N–H and O–H groups in total. The largest absolute Gasteiger partial charge is 0.399 e. The zero-order valence-corrected chi connectivity index (χ0v) is 18.3. The maximum absolute atomic E-state index is 12.3. The van der Waals surface area contributed by atoms with Crippen LogP contribution >= 0.6 is 0 Å². The van der Waals surface area contributed by atoms with E-state index in [-0.39, 0.29) is 5.91 Å². The molecule has 0 radical (unpaired) electrons. The van der Waals surface area contributed by atoms with Gasteiger partial charge in [-0.3, -0.25) is 4.79 Å². The molecule has 0 bridgehead atoms. The number of nitrogen functional groups attached to an aromatic ring is 1. The Hall–Kier alpha value is -1.77. The molecule has 1 aromatic rings. The highest BCUT2D eigenvalue weighted by atomic mass is 28.3. The number of anilines is 1. The van der Waals surface area contributed by atoms with Crippen molar-refractivity contribution >= 4 is 19.7 Å². The molecular weight excluding hydrogens is 340 g/mol.